The molecule has 19 heavy (non-hydrogen) atoms. The fraction of sp³-hybridized carbons (Fsp3) is 0.571. The van der Waals surface area contributed by atoms with Crippen molar-refractivity contribution in [2.24, 2.45) is 5.92 Å². The van der Waals surface area contributed by atoms with E-state index in [0.29, 0.717) is 6.54 Å². The van der Waals surface area contributed by atoms with Gasteiger partial charge in [0, 0.05) is 20.0 Å². The third-order valence-corrected chi connectivity index (χ3v) is 3.40. The number of carbonyl (C=O) groups excluding carboxylic acids is 1. The van der Waals surface area contributed by atoms with E-state index in [2.05, 4.69) is 15.6 Å². The summed E-state index contributed by atoms with van der Waals surface area (Å²) in [7, 11) is 3.92. The fourth-order valence-corrected chi connectivity index (χ4v) is 2.22. The molecule has 1 aliphatic heterocycles. The minimum Gasteiger partial charge on any atom is -0.363 e. The lowest BCUT2D eigenvalue weighted by molar-refractivity contribution is -0.125. The molecular formula is C14H22N4O. The molecule has 2 N–H and O–H groups in total. The Labute approximate surface area is 114 Å². The van der Waals surface area contributed by atoms with Crippen LogP contribution < -0.4 is 15.5 Å². The zero-order valence-corrected chi connectivity index (χ0v) is 11.6. The highest BCUT2D eigenvalue weighted by atomic mass is 16.1. The molecule has 0 bridgehead atoms. The van der Waals surface area contributed by atoms with E-state index >= 15 is 0 Å². The van der Waals surface area contributed by atoms with Crippen molar-refractivity contribution in [1.29, 1.82) is 0 Å². The summed E-state index contributed by atoms with van der Waals surface area (Å²) in [4.78, 5) is 18.5. The molecule has 0 aromatic carbocycles. The molecule has 0 saturated carbocycles. The minimum absolute atomic E-state index is 0.151. The summed E-state index contributed by atoms with van der Waals surface area (Å²) >= 11 is 0. The van der Waals surface area contributed by atoms with E-state index in [1.54, 1.807) is 0 Å². The first-order valence-corrected chi connectivity index (χ1v) is 6.78. The van der Waals surface area contributed by atoms with Gasteiger partial charge < -0.3 is 15.5 Å². The highest BCUT2D eigenvalue weighted by Gasteiger charge is 2.20. The number of piperidine rings is 1. The van der Waals surface area contributed by atoms with Crippen molar-refractivity contribution in [2.45, 2.75) is 19.4 Å². The number of pyridine rings is 1. The molecule has 5 nitrogen and oxygen atoms in total. The minimum atomic E-state index is 0.151. The smallest absolute Gasteiger partial charge is 0.223 e. The van der Waals surface area contributed by atoms with Gasteiger partial charge in [0.15, 0.2) is 0 Å². The van der Waals surface area contributed by atoms with Crippen LogP contribution in [0.3, 0.4) is 0 Å². The van der Waals surface area contributed by atoms with E-state index in [4.69, 9.17) is 0 Å². The van der Waals surface area contributed by atoms with Gasteiger partial charge in [-0.1, -0.05) is 6.07 Å². The maximum absolute atomic E-state index is 12.0. The van der Waals surface area contributed by atoms with Crippen LogP contribution in [0.25, 0.3) is 0 Å². The molecule has 1 saturated heterocycles. The van der Waals surface area contributed by atoms with Crippen molar-refractivity contribution in [2.75, 3.05) is 32.1 Å². The Balaban J connectivity index is 1.87. The molecule has 0 unspecified atom stereocenters. The van der Waals surface area contributed by atoms with Crippen molar-refractivity contribution in [3.05, 3.63) is 23.9 Å². The highest BCUT2D eigenvalue weighted by Crippen LogP contribution is 2.12. The summed E-state index contributed by atoms with van der Waals surface area (Å²) in [5, 5.41) is 6.25. The lowest BCUT2D eigenvalue weighted by Gasteiger charge is -2.21. The zero-order valence-electron chi connectivity index (χ0n) is 11.6. The third-order valence-electron chi connectivity index (χ3n) is 3.40. The van der Waals surface area contributed by atoms with Crippen molar-refractivity contribution < 1.29 is 4.79 Å². The van der Waals surface area contributed by atoms with E-state index < -0.39 is 0 Å². The van der Waals surface area contributed by atoms with Crippen molar-refractivity contribution in [3.8, 4) is 0 Å². The number of rotatable bonds is 4. The standard InChI is InChI=1S/C14H22N4O/c1-18(2)13-5-3-4-12(17-13)10-16-14(19)11-6-8-15-9-7-11/h3-5,11,15H,6-10H2,1-2H3,(H,16,19). The van der Waals surface area contributed by atoms with Crippen molar-refractivity contribution in [3.63, 3.8) is 0 Å². The van der Waals surface area contributed by atoms with Crippen LogP contribution in [0.4, 0.5) is 5.82 Å². The summed E-state index contributed by atoms with van der Waals surface area (Å²) < 4.78 is 0. The van der Waals surface area contributed by atoms with Crippen molar-refractivity contribution >= 4 is 11.7 Å². The molecule has 1 amide bonds. The molecule has 0 atom stereocenters. The van der Waals surface area contributed by atoms with Gasteiger partial charge >= 0.3 is 0 Å². The van der Waals surface area contributed by atoms with Crippen LogP contribution in [0.1, 0.15) is 18.5 Å². The Morgan fingerprint density at radius 2 is 2.16 bits per heavy atom. The van der Waals surface area contributed by atoms with E-state index in [9.17, 15) is 4.79 Å². The van der Waals surface area contributed by atoms with Crippen LogP contribution in [0, 0.1) is 5.92 Å². The van der Waals surface area contributed by atoms with Crippen molar-refractivity contribution in [1.82, 2.24) is 15.6 Å². The Kier molecular flexibility index (Phi) is 4.74. The van der Waals surface area contributed by atoms with Gasteiger partial charge in [-0.2, -0.15) is 0 Å². The van der Waals surface area contributed by atoms with Crippen LogP contribution >= 0.6 is 0 Å². The molecule has 1 aromatic heterocycles. The quantitative estimate of drug-likeness (QED) is 0.841. The predicted molar refractivity (Wildman–Crippen MR) is 76.0 cm³/mol. The number of nitrogens with zero attached hydrogens (tertiary/aromatic N) is 2. The van der Waals surface area contributed by atoms with E-state index in [0.717, 1.165) is 37.4 Å². The average molecular weight is 262 g/mol. The lowest BCUT2D eigenvalue weighted by atomic mass is 9.97. The summed E-state index contributed by atoms with van der Waals surface area (Å²) in [6.07, 6.45) is 1.86. The second-order valence-electron chi connectivity index (χ2n) is 5.12. The van der Waals surface area contributed by atoms with Gasteiger partial charge in [0.05, 0.1) is 12.2 Å². The number of anilines is 1. The fourth-order valence-electron chi connectivity index (χ4n) is 2.22. The molecule has 0 spiro atoms. The van der Waals surface area contributed by atoms with Crippen LogP contribution in [-0.2, 0) is 11.3 Å². The summed E-state index contributed by atoms with van der Waals surface area (Å²) in [5.41, 5.74) is 0.897. The lowest BCUT2D eigenvalue weighted by Crippen LogP contribution is -2.38. The van der Waals surface area contributed by atoms with Crippen LogP contribution in [-0.4, -0.2) is 38.1 Å². The number of carbonyl (C=O) groups is 1. The molecule has 2 rings (SSSR count). The normalized spacial score (nSPS) is 16.1. The molecule has 1 fully saturated rings. The van der Waals surface area contributed by atoms with Crippen LogP contribution in [0.5, 0.6) is 0 Å². The summed E-state index contributed by atoms with van der Waals surface area (Å²) in [6.45, 7) is 2.38. The van der Waals surface area contributed by atoms with Gasteiger partial charge in [-0.05, 0) is 38.1 Å². The van der Waals surface area contributed by atoms with E-state index in [-0.39, 0.29) is 11.8 Å². The van der Waals surface area contributed by atoms with Crippen LogP contribution in [0.2, 0.25) is 0 Å². The Hall–Kier alpha value is -1.62. The second-order valence-corrected chi connectivity index (χ2v) is 5.12. The number of nitrogens with one attached hydrogen (secondary N) is 2. The molecule has 1 aliphatic rings. The Morgan fingerprint density at radius 3 is 2.84 bits per heavy atom. The maximum Gasteiger partial charge on any atom is 0.223 e. The first-order chi connectivity index (χ1) is 9.16. The number of hydrogen-bond donors (Lipinski definition) is 2. The first kappa shape index (κ1) is 13.8. The average Bonchev–Trinajstić information content (AvgIpc) is 2.46. The topological polar surface area (TPSA) is 57.3 Å². The maximum atomic E-state index is 12.0. The SMILES string of the molecule is CN(C)c1cccc(CNC(=O)C2CCNCC2)n1. The predicted octanol–water partition coefficient (Wildman–Crippen LogP) is 0.763. The van der Waals surface area contributed by atoms with Gasteiger partial charge in [-0.3, -0.25) is 4.79 Å². The zero-order chi connectivity index (χ0) is 13.7. The number of amides is 1. The van der Waals surface area contributed by atoms with Gasteiger partial charge in [0.1, 0.15) is 5.82 Å². The molecule has 1 aromatic rings. The molecule has 5 heteroatoms. The summed E-state index contributed by atoms with van der Waals surface area (Å²) in [5.74, 6) is 1.21. The monoisotopic (exact) mass is 262 g/mol. The number of hydrogen-bond acceptors (Lipinski definition) is 4. The van der Waals surface area contributed by atoms with Gasteiger partial charge in [0.25, 0.3) is 0 Å². The molecule has 0 radical (unpaired) electrons. The second kappa shape index (κ2) is 6.52. The molecular weight excluding hydrogens is 240 g/mol. The van der Waals surface area contributed by atoms with Gasteiger partial charge in [0.2, 0.25) is 5.91 Å². The molecule has 0 aliphatic carbocycles. The highest BCUT2D eigenvalue weighted by molar-refractivity contribution is 5.78. The largest absolute Gasteiger partial charge is 0.363 e. The third kappa shape index (κ3) is 3.92. The van der Waals surface area contributed by atoms with Gasteiger partial charge in [-0.15, -0.1) is 0 Å². The first-order valence-electron chi connectivity index (χ1n) is 6.78. The van der Waals surface area contributed by atoms with E-state index in [1.165, 1.54) is 0 Å². The van der Waals surface area contributed by atoms with Gasteiger partial charge in [-0.25, -0.2) is 4.98 Å². The molecule has 104 valence electrons. The van der Waals surface area contributed by atoms with E-state index in [1.807, 2.05) is 37.2 Å². The number of aromatic nitrogens is 1. The summed E-state index contributed by atoms with van der Waals surface area (Å²) in [6, 6.07) is 5.86. The Bertz CT molecular complexity index is 427. The Morgan fingerprint density at radius 1 is 1.42 bits per heavy atom. The van der Waals surface area contributed by atoms with Crippen LogP contribution in [0.15, 0.2) is 18.2 Å². The molecule has 2 heterocycles.